The Morgan fingerprint density at radius 1 is 1.23 bits per heavy atom. The first-order chi connectivity index (χ1) is 14.7. The van der Waals surface area contributed by atoms with Gasteiger partial charge in [0.05, 0.1) is 9.82 Å². The molecule has 0 spiro atoms. The minimum Gasteiger partial charge on any atom is -0.352 e. The number of hydrogen-bond donors (Lipinski definition) is 1. The molecular weight excluding hydrogens is 442 g/mol. The second-order valence-electron chi connectivity index (χ2n) is 7.55. The molecule has 2 aromatic carbocycles. The molecule has 0 aliphatic carbocycles. The van der Waals surface area contributed by atoms with Crippen LogP contribution in [0.3, 0.4) is 0 Å². The Balaban J connectivity index is 1.66. The minimum absolute atomic E-state index is 0.0410. The molecule has 1 aliphatic heterocycles. The summed E-state index contributed by atoms with van der Waals surface area (Å²) in [5.74, 6) is -0.469. The molecule has 1 heterocycles. The molecular formula is C21H24ClN3O5S. The Labute approximate surface area is 186 Å². The van der Waals surface area contributed by atoms with Crippen LogP contribution in [-0.2, 0) is 10.0 Å². The van der Waals surface area contributed by atoms with Gasteiger partial charge in [0.25, 0.3) is 11.6 Å². The monoisotopic (exact) mass is 465 g/mol. The highest BCUT2D eigenvalue weighted by Gasteiger charge is 2.33. The highest BCUT2D eigenvalue weighted by Crippen LogP contribution is 2.28. The number of carbonyl (C=O) groups excluding carboxylic acids is 1. The zero-order chi connectivity index (χ0) is 22.6. The molecule has 3 rings (SSSR count). The molecule has 1 amide bonds. The van der Waals surface area contributed by atoms with Gasteiger partial charge in [0.15, 0.2) is 0 Å². The first-order valence-electron chi connectivity index (χ1n) is 10.0. The van der Waals surface area contributed by atoms with Gasteiger partial charge in [-0.3, -0.25) is 14.9 Å². The van der Waals surface area contributed by atoms with Crippen LogP contribution in [0.4, 0.5) is 5.69 Å². The Kier molecular flexibility index (Phi) is 7.30. The van der Waals surface area contributed by atoms with Crippen LogP contribution in [0.1, 0.15) is 41.6 Å². The number of rotatable bonds is 7. The number of carbonyl (C=O) groups is 1. The number of nitro benzene ring substituents is 1. The Morgan fingerprint density at radius 3 is 2.61 bits per heavy atom. The summed E-state index contributed by atoms with van der Waals surface area (Å²) in [4.78, 5) is 23.0. The van der Waals surface area contributed by atoms with E-state index >= 15 is 0 Å². The van der Waals surface area contributed by atoms with E-state index in [2.05, 4.69) is 5.32 Å². The Bertz CT molecular complexity index is 1070. The van der Waals surface area contributed by atoms with Gasteiger partial charge < -0.3 is 5.32 Å². The SMILES string of the molecule is Cc1ccc(S(=O)(=O)N2CCCCC2CCNC(=O)c2ccc(Cl)c([N+](=O)[O-])c2)cc1. The van der Waals surface area contributed by atoms with E-state index in [1.54, 1.807) is 24.3 Å². The molecule has 0 radical (unpaired) electrons. The maximum absolute atomic E-state index is 13.1. The summed E-state index contributed by atoms with van der Waals surface area (Å²) in [6.45, 7) is 2.59. The van der Waals surface area contributed by atoms with E-state index in [-0.39, 0.29) is 33.8 Å². The van der Waals surface area contributed by atoms with Gasteiger partial charge >= 0.3 is 0 Å². The first-order valence-corrected chi connectivity index (χ1v) is 11.8. The van der Waals surface area contributed by atoms with Gasteiger partial charge in [-0.05, 0) is 50.5 Å². The van der Waals surface area contributed by atoms with Gasteiger partial charge in [0.1, 0.15) is 5.02 Å². The van der Waals surface area contributed by atoms with E-state index in [4.69, 9.17) is 11.6 Å². The van der Waals surface area contributed by atoms with E-state index in [9.17, 15) is 23.3 Å². The Hall–Kier alpha value is -2.49. The van der Waals surface area contributed by atoms with Gasteiger partial charge in [0, 0.05) is 30.8 Å². The van der Waals surface area contributed by atoms with Crippen LogP contribution < -0.4 is 5.32 Å². The van der Waals surface area contributed by atoms with Crippen molar-refractivity contribution in [3.63, 3.8) is 0 Å². The lowest BCUT2D eigenvalue weighted by Crippen LogP contribution is -2.45. The number of hydrogen-bond acceptors (Lipinski definition) is 5. The number of aryl methyl sites for hydroxylation is 1. The third-order valence-corrected chi connectivity index (χ3v) is 7.65. The highest BCUT2D eigenvalue weighted by molar-refractivity contribution is 7.89. The Morgan fingerprint density at radius 2 is 1.94 bits per heavy atom. The van der Waals surface area contributed by atoms with Crippen LogP contribution in [0.2, 0.25) is 5.02 Å². The van der Waals surface area contributed by atoms with Crippen molar-refractivity contribution in [2.24, 2.45) is 0 Å². The third kappa shape index (κ3) is 5.41. The summed E-state index contributed by atoms with van der Waals surface area (Å²) in [7, 11) is -3.62. The summed E-state index contributed by atoms with van der Waals surface area (Å²) < 4.78 is 27.8. The fourth-order valence-corrected chi connectivity index (χ4v) is 5.58. The van der Waals surface area contributed by atoms with Crippen molar-refractivity contribution in [3.8, 4) is 0 Å². The number of nitrogens with zero attached hydrogens (tertiary/aromatic N) is 2. The highest BCUT2D eigenvalue weighted by atomic mass is 35.5. The van der Waals surface area contributed by atoms with Crippen LogP contribution >= 0.6 is 11.6 Å². The molecule has 8 nitrogen and oxygen atoms in total. The summed E-state index contributed by atoms with van der Waals surface area (Å²) in [5.41, 5.74) is 0.778. The fourth-order valence-electron chi connectivity index (χ4n) is 3.67. The van der Waals surface area contributed by atoms with Gasteiger partial charge in [0.2, 0.25) is 10.0 Å². The normalized spacial score (nSPS) is 17.3. The number of piperidine rings is 1. The lowest BCUT2D eigenvalue weighted by molar-refractivity contribution is -0.384. The average Bonchev–Trinajstić information content (AvgIpc) is 2.74. The molecule has 31 heavy (non-hydrogen) atoms. The molecule has 0 saturated carbocycles. The van der Waals surface area contributed by atoms with Gasteiger partial charge in [-0.15, -0.1) is 0 Å². The molecule has 1 N–H and O–H groups in total. The maximum Gasteiger partial charge on any atom is 0.288 e. The molecule has 1 fully saturated rings. The van der Waals surface area contributed by atoms with Crippen LogP contribution in [-0.4, -0.2) is 42.7 Å². The van der Waals surface area contributed by atoms with Crippen molar-refractivity contribution in [2.45, 2.75) is 43.5 Å². The number of sulfonamides is 1. The zero-order valence-corrected chi connectivity index (χ0v) is 18.7. The maximum atomic E-state index is 13.1. The van der Waals surface area contributed by atoms with Crippen LogP contribution in [0.25, 0.3) is 0 Å². The van der Waals surface area contributed by atoms with E-state index in [0.29, 0.717) is 19.4 Å². The van der Waals surface area contributed by atoms with Crippen molar-refractivity contribution in [1.29, 1.82) is 0 Å². The second-order valence-corrected chi connectivity index (χ2v) is 9.84. The minimum atomic E-state index is -3.62. The van der Waals surface area contributed by atoms with Crippen LogP contribution in [0.15, 0.2) is 47.4 Å². The van der Waals surface area contributed by atoms with E-state index < -0.39 is 20.9 Å². The van der Waals surface area contributed by atoms with Crippen molar-refractivity contribution >= 4 is 33.2 Å². The van der Waals surface area contributed by atoms with E-state index in [1.165, 1.54) is 16.4 Å². The smallest absolute Gasteiger partial charge is 0.288 e. The molecule has 0 bridgehead atoms. The average molecular weight is 466 g/mol. The van der Waals surface area contributed by atoms with Crippen LogP contribution in [0.5, 0.6) is 0 Å². The summed E-state index contributed by atoms with van der Waals surface area (Å²) in [5, 5.41) is 13.7. The molecule has 0 aromatic heterocycles. The topological polar surface area (TPSA) is 110 Å². The van der Waals surface area contributed by atoms with Crippen molar-refractivity contribution < 1.29 is 18.1 Å². The number of benzene rings is 2. The quantitative estimate of drug-likeness (QED) is 0.492. The standard InChI is InChI=1S/C21H24ClN3O5S/c1-15-5-8-18(9-6-15)31(29,30)24-13-3-2-4-17(24)11-12-23-21(26)16-7-10-19(22)20(14-16)25(27)28/h5-10,14,17H,2-4,11-13H2,1H3,(H,23,26). The first kappa shape index (κ1) is 23.2. The van der Waals surface area contributed by atoms with Gasteiger partial charge in [-0.2, -0.15) is 4.31 Å². The third-order valence-electron chi connectivity index (χ3n) is 5.37. The van der Waals surface area contributed by atoms with Crippen LogP contribution in [0, 0.1) is 17.0 Å². The summed E-state index contributed by atoms with van der Waals surface area (Å²) >= 11 is 5.78. The number of nitro groups is 1. The fraction of sp³-hybridized carbons (Fsp3) is 0.381. The largest absolute Gasteiger partial charge is 0.352 e. The molecule has 1 unspecified atom stereocenters. The van der Waals surface area contributed by atoms with E-state index in [1.807, 2.05) is 6.92 Å². The molecule has 1 atom stereocenters. The van der Waals surface area contributed by atoms with Crippen molar-refractivity contribution in [2.75, 3.05) is 13.1 Å². The molecule has 1 aliphatic rings. The number of amides is 1. The lowest BCUT2D eigenvalue weighted by Gasteiger charge is -2.34. The van der Waals surface area contributed by atoms with Crippen molar-refractivity contribution in [3.05, 3.63) is 68.7 Å². The summed E-state index contributed by atoms with van der Waals surface area (Å²) in [6, 6.07) is 10.4. The van der Waals surface area contributed by atoms with Crippen molar-refractivity contribution in [1.82, 2.24) is 9.62 Å². The molecule has 166 valence electrons. The molecule has 10 heteroatoms. The summed E-state index contributed by atoms with van der Waals surface area (Å²) in [6.07, 6.45) is 2.88. The predicted octanol–water partition coefficient (Wildman–Crippen LogP) is 3.92. The number of nitrogens with one attached hydrogen (secondary N) is 1. The van der Waals surface area contributed by atoms with E-state index in [0.717, 1.165) is 24.5 Å². The molecule has 2 aromatic rings. The van der Waals surface area contributed by atoms with Gasteiger partial charge in [-0.1, -0.05) is 35.7 Å². The zero-order valence-electron chi connectivity index (χ0n) is 17.1. The predicted molar refractivity (Wildman–Crippen MR) is 118 cm³/mol. The lowest BCUT2D eigenvalue weighted by atomic mass is 10.0. The van der Waals surface area contributed by atoms with Gasteiger partial charge in [-0.25, -0.2) is 8.42 Å². The second kappa shape index (κ2) is 9.76. The molecule has 1 saturated heterocycles. The number of halogens is 1.